The van der Waals surface area contributed by atoms with Crippen molar-refractivity contribution in [2.24, 2.45) is 0 Å². The van der Waals surface area contributed by atoms with Crippen LogP contribution in [0.1, 0.15) is 19.4 Å². The molecule has 90 valence electrons. The number of hydrogen-bond acceptors (Lipinski definition) is 1. The van der Waals surface area contributed by atoms with Crippen molar-refractivity contribution in [1.82, 2.24) is 10.3 Å². The first-order chi connectivity index (χ1) is 8.00. The monoisotopic (exact) mass is 248 g/mol. The van der Waals surface area contributed by atoms with Crippen molar-refractivity contribution in [3.05, 3.63) is 36.0 Å². The van der Waals surface area contributed by atoms with Gasteiger partial charge in [0.2, 0.25) is 0 Å². The molecule has 1 heterocycles. The Morgan fingerprint density at radius 1 is 1.41 bits per heavy atom. The molecule has 4 heteroatoms. The maximum atomic E-state index is 10.9. The summed E-state index contributed by atoms with van der Waals surface area (Å²) in [6.07, 6.45) is 2.01. The first kappa shape index (κ1) is 12.0. The van der Waals surface area contributed by atoms with Crippen LogP contribution in [0, 0.1) is 0 Å². The lowest BCUT2D eigenvalue weighted by atomic mass is 9.84. The lowest BCUT2D eigenvalue weighted by molar-refractivity contribution is 0.259. The van der Waals surface area contributed by atoms with Gasteiger partial charge in [0.25, 0.3) is 5.24 Å². The fourth-order valence-corrected chi connectivity index (χ4v) is 2.10. The van der Waals surface area contributed by atoms with E-state index in [1.807, 2.05) is 24.4 Å². The minimum atomic E-state index is -0.294. The number of para-hydroxylation sites is 1. The van der Waals surface area contributed by atoms with Crippen LogP contribution in [0.4, 0.5) is 4.79 Å². The van der Waals surface area contributed by atoms with Gasteiger partial charge in [-0.1, -0.05) is 44.7 Å². The molecule has 0 spiro atoms. The molecule has 0 saturated carbocycles. The van der Waals surface area contributed by atoms with Crippen LogP contribution in [0.5, 0.6) is 0 Å². The molecule has 0 fully saturated rings. The highest BCUT2D eigenvalue weighted by molar-refractivity contribution is 7.96. The number of thiol groups is 1. The van der Waals surface area contributed by atoms with Crippen molar-refractivity contribution in [3.63, 3.8) is 0 Å². The summed E-state index contributed by atoms with van der Waals surface area (Å²) in [6.45, 7) is 4.77. The van der Waals surface area contributed by atoms with Crippen molar-refractivity contribution < 1.29 is 4.79 Å². The molecule has 1 amide bonds. The number of amides is 1. The third-order valence-corrected chi connectivity index (χ3v) is 3.16. The Bertz CT molecular complexity index is 545. The molecule has 0 aliphatic rings. The van der Waals surface area contributed by atoms with Crippen molar-refractivity contribution >= 4 is 28.8 Å². The number of hydrogen-bond donors (Lipinski definition) is 3. The van der Waals surface area contributed by atoms with E-state index in [0.29, 0.717) is 6.54 Å². The van der Waals surface area contributed by atoms with Gasteiger partial charge in [-0.05, 0) is 11.6 Å². The zero-order valence-corrected chi connectivity index (χ0v) is 10.8. The number of aromatic nitrogens is 1. The fraction of sp³-hybridized carbons (Fsp3) is 0.308. The summed E-state index contributed by atoms with van der Waals surface area (Å²) in [5.41, 5.74) is 2.20. The number of nitrogens with one attached hydrogen (secondary N) is 2. The third kappa shape index (κ3) is 2.47. The summed E-state index contributed by atoms with van der Waals surface area (Å²) in [5.74, 6) is 0. The van der Waals surface area contributed by atoms with Gasteiger partial charge >= 0.3 is 0 Å². The topological polar surface area (TPSA) is 44.9 Å². The predicted molar refractivity (Wildman–Crippen MR) is 73.7 cm³/mol. The van der Waals surface area contributed by atoms with Gasteiger partial charge in [0.05, 0.1) is 0 Å². The first-order valence-corrected chi connectivity index (χ1v) is 5.99. The summed E-state index contributed by atoms with van der Waals surface area (Å²) >= 11 is 3.72. The third-order valence-electron chi connectivity index (χ3n) is 3.00. The highest BCUT2D eigenvalue weighted by atomic mass is 32.1. The Labute approximate surface area is 106 Å². The van der Waals surface area contributed by atoms with Crippen LogP contribution >= 0.6 is 12.6 Å². The molecular weight excluding hydrogens is 232 g/mol. The minimum Gasteiger partial charge on any atom is -0.361 e. The molecule has 0 bridgehead atoms. The molecule has 2 rings (SSSR count). The van der Waals surface area contributed by atoms with Crippen LogP contribution in [0.2, 0.25) is 0 Å². The summed E-state index contributed by atoms with van der Waals surface area (Å²) in [7, 11) is 0. The van der Waals surface area contributed by atoms with Gasteiger partial charge in [-0.3, -0.25) is 4.79 Å². The molecule has 2 aromatic rings. The van der Waals surface area contributed by atoms with E-state index in [1.165, 1.54) is 10.9 Å². The average Bonchev–Trinajstić information content (AvgIpc) is 2.71. The van der Waals surface area contributed by atoms with Gasteiger partial charge in [-0.15, -0.1) is 0 Å². The van der Waals surface area contributed by atoms with Gasteiger partial charge in [0.1, 0.15) is 0 Å². The largest absolute Gasteiger partial charge is 0.361 e. The Morgan fingerprint density at radius 3 is 2.82 bits per heavy atom. The molecular formula is C13H16N2OS. The highest BCUT2D eigenvalue weighted by Crippen LogP contribution is 2.29. The quantitative estimate of drug-likeness (QED) is 0.718. The number of rotatable bonds is 3. The number of H-pyrrole nitrogens is 1. The van der Waals surface area contributed by atoms with E-state index < -0.39 is 0 Å². The molecule has 1 aromatic carbocycles. The highest BCUT2D eigenvalue weighted by Gasteiger charge is 2.24. The first-order valence-electron chi connectivity index (χ1n) is 5.54. The van der Waals surface area contributed by atoms with Gasteiger partial charge < -0.3 is 10.3 Å². The van der Waals surface area contributed by atoms with Crippen LogP contribution < -0.4 is 5.32 Å². The smallest absolute Gasteiger partial charge is 0.276 e. The van der Waals surface area contributed by atoms with E-state index in [0.717, 1.165) is 5.52 Å². The lowest BCUT2D eigenvalue weighted by Gasteiger charge is -2.24. The van der Waals surface area contributed by atoms with Gasteiger partial charge in [0.15, 0.2) is 0 Å². The minimum absolute atomic E-state index is 0.127. The van der Waals surface area contributed by atoms with Crippen LogP contribution in [-0.4, -0.2) is 16.8 Å². The predicted octanol–water partition coefficient (Wildman–Crippen LogP) is 3.08. The summed E-state index contributed by atoms with van der Waals surface area (Å²) in [6, 6.07) is 8.16. The molecule has 0 saturated heterocycles. The molecule has 1 aromatic heterocycles. The second-order valence-corrected chi connectivity index (χ2v) is 5.20. The van der Waals surface area contributed by atoms with Crippen LogP contribution in [0.15, 0.2) is 30.5 Å². The molecule has 0 unspecified atom stereocenters. The standard InChI is InChI=1S/C13H16N2OS/c1-13(2,8-15-12(16)17)10-7-14-11-6-4-3-5-9(10)11/h3-7,14H,8H2,1-2H3,(H2,15,16,17). The van der Waals surface area contributed by atoms with E-state index in [1.54, 1.807) is 0 Å². The SMILES string of the molecule is CC(C)(CNC(=O)S)c1c[nH]c2ccccc12. The number of carbonyl (C=O) groups excluding carboxylic acids is 1. The number of carbonyl (C=O) groups is 1. The zero-order chi connectivity index (χ0) is 12.5. The van der Waals surface area contributed by atoms with E-state index in [2.05, 4.69) is 42.8 Å². The molecule has 0 radical (unpaired) electrons. The van der Waals surface area contributed by atoms with E-state index >= 15 is 0 Å². The number of aromatic amines is 1. The van der Waals surface area contributed by atoms with Gasteiger partial charge in [-0.25, -0.2) is 0 Å². The molecule has 3 nitrogen and oxygen atoms in total. The molecule has 0 atom stereocenters. The van der Waals surface area contributed by atoms with E-state index in [-0.39, 0.29) is 10.7 Å². The second-order valence-electron chi connectivity index (χ2n) is 4.79. The molecule has 0 aliphatic heterocycles. The Hall–Kier alpha value is -1.42. The summed E-state index contributed by atoms with van der Waals surface area (Å²) in [4.78, 5) is 14.1. The van der Waals surface area contributed by atoms with Crippen LogP contribution in [0.25, 0.3) is 10.9 Å². The summed E-state index contributed by atoms with van der Waals surface area (Å²) in [5, 5.41) is 3.66. The zero-order valence-electron chi connectivity index (χ0n) is 9.95. The van der Waals surface area contributed by atoms with Crippen LogP contribution in [0.3, 0.4) is 0 Å². The van der Waals surface area contributed by atoms with Gasteiger partial charge in [-0.2, -0.15) is 0 Å². The summed E-state index contributed by atoms with van der Waals surface area (Å²) < 4.78 is 0. The maximum Gasteiger partial charge on any atom is 0.276 e. The van der Waals surface area contributed by atoms with E-state index in [9.17, 15) is 4.79 Å². The number of fused-ring (bicyclic) bond motifs is 1. The van der Waals surface area contributed by atoms with Crippen molar-refractivity contribution in [2.45, 2.75) is 19.3 Å². The molecule has 17 heavy (non-hydrogen) atoms. The number of benzene rings is 1. The van der Waals surface area contributed by atoms with Gasteiger partial charge in [0, 0.05) is 29.1 Å². The normalized spacial score (nSPS) is 11.7. The van der Waals surface area contributed by atoms with Crippen molar-refractivity contribution in [1.29, 1.82) is 0 Å². The Morgan fingerprint density at radius 2 is 2.12 bits per heavy atom. The van der Waals surface area contributed by atoms with E-state index in [4.69, 9.17) is 0 Å². The van der Waals surface area contributed by atoms with Crippen LogP contribution in [-0.2, 0) is 5.41 Å². The molecule has 2 N–H and O–H groups in total. The average molecular weight is 248 g/mol. The Balaban J connectivity index is 2.35. The fourth-order valence-electron chi connectivity index (χ4n) is 2.02. The van der Waals surface area contributed by atoms with Crippen molar-refractivity contribution in [3.8, 4) is 0 Å². The second kappa shape index (κ2) is 4.45. The molecule has 0 aliphatic carbocycles. The lowest BCUT2D eigenvalue weighted by Crippen LogP contribution is -2.34. The maximum absolute atomic E-state index is 10.9. The van der Waals surface area contributed by atoms with Crippen molar-refractivity contribution in [2.75, 3.05) is 6.54 Å². The Kier molecular flexibility index (Phi) is 3.15.